The maximum atomic E-state index is 12.5. The van der Waals surface area contributed by atoms with Crippen molar-refractivity contribution in [2.24, 2.45) is 5.92 Å². The van der Waals surface area contributed by atoms with Gasteiger partial charge in [0.2, 0.25) is 10.0 Å². The molecule has 6 nitrogen and oxygen atoms in total. The van der Waals surface area contributed by atoms with Crippen LogP contribution in [0.2, 0.25) is 5.02 Å². The van der Waals surface area contributed by atoms with Crippen molar-refractivity contribution in [3.8, 4) is 6.07 Å². The highest BCUT2D eigenvalue weighted by atomic mass is 35.5. The lowest BCUT2D eigenvalue weighted by Gasteiger charge is -2.21. The van der Waals surface area contributed by atoms with E-state index in [0.717, 1.165) is 0 Å². The van der Waals surface area contributed by atoms with Crippen molar-refractivity contribution < 1.29 is 8.42 Å². The fourth-order valence-electron chi connectivity index (χ4n) is 1.75. The van der Waals surface area contributed by atoms with Crippen molar-refractivity contribution in [2.75, 3.05) is 25.0 Å². The quantitative estimate of drug-likeness (QED) is 0.829. The third-order valence-corrected chi connectivity index (χ3v) is 5.04. The Hall–Kier alpha value is -1.36. The van der Waals surface area contributed by atoms with Gasteiger partial charge in [-0.1, -0.05) is 18.5 Å². The van der Waals surface area contributed by atoms with Gasteiger partial charge < -0.3 is 5.32 Å². The number of pyridine rings is 1. The standard InChI is InChI=1S/C13H19ClN4O2S/c1-4-16-13-12(14)6-11(8-17-13)21(19,20)18(5-2)9-10(3)7-15/h6,8,10H,4-5,9H2,1-3H3,(H,16,17). The normalized spacial score (nSPS) is 13.0. The predicted molar refractivity (Wildman–Crippen MR) is 82.6 cm³/mol. The molecule has 1 rings (SSSR count). The first kappa shape index (κ1) is 17.7. The number of hydrogen-bond acceptors (Lipinski definition) is 5. The summed E-state index contributed by atoms with van der Waals surface area (Å²) in [6.45, 7) is 6.36. The number of aromatic nitrogens is 1. The van der Waals surface area contributed by atoms with Gasteiger partial charge in [0.15, 0.2) is 0 Å². The van der Waals surface area contributed by atoms with Crippen molar-refractivity contribution in [3.05, 3.63) is 17.3 Å². The second-order valence-electron chi connectivity index (χ2n) is 4.52. The molecule has 0 aliphatic rings. The number of nitriles is 1. The molecule has 0 amide bonds. The van der Waals surface area contributed by atoms with E-state index in [-0.39, 0.29) is 28.9 Å². The summed E-state index contributed by atoms with van der Waals surface area (Å²) < 4.78 is 26.3. The molecule has 1 heterocycles. The lowest BCUT2D eigenvalue weighted by molar-refractivity contribution is 0.399. The molecule has 1 aromatic heterocycles. The monoisotopic (exact) mass is 330 g/mol. The van der Waals surface area contributed by atoms with E-state index in [2.05, 4.69) is 10.3 Å². The second kappa shape index (κ2) is 7.59. The number of nitrogens with zero attached hydrogens (tertiary/aromatic N) is 3. The molecule has 1 unspecified atom stereocenters. The highest BCUT2D eigenvalue weighted by Crippen LogP contribution is 2.24. The SMILES string of the molecule is CCNc1ncc(S(=O)(=O)N(CC)CC(C)C#N)cc1Cl. The zero-order valence-electron chi connectivity index (χ0n) is 12.3. The molecule has 0 aliphatic carbocycles. The summed E-state index contributed by atoms with van der Waals surface area (Å²) in [5.41, 5.74) is 0. The van der Waals surface area contributed by atoms with Gasteiger partial charge in [-0.2, -0.15) is 9.57 Å². The van der Waals surface area contributed by atoms with Crippen LogP contribution in [0, 0.1) is 17.2 Å². The Morgan fingerprint density at radius 1 is 1.52 bits per heavy atom. The molecule has 1 aromatic rings. The molecule has 0 bridgehead atoms. The minimum Gasteiger partial charge on any atom is -0.369 e. The van der Waals surface area contributed by atoms with E-state index in [4.69, 9.17) is 16.9 Å². The van der Waals surface area contributed by atoms with E-state index in [0.29, 0.717) is 12.4 Å². The largest absolute Gasteiger partial charge is 0.369 e. The minimum atomic E-state index is -3.70. The predicted octanol–water partition coefficient (Wildman–Crippen LogP) is 2.34. The zero-order valence-corrected chi connectivity index (χ0v) is 13.9. The number of anilines is 1. The van der Waals surface area contributed by atoms with E-state index < -0.39 is 10.0 Å². The van der Waals surface area contributed by atoms with Crippen LogP contribution in [0.1, 0.15) is 20.8 Å². The van der Waals surface area contributed by atoms with Crippen LogP contribution in [-0.2, 0) is 10.0 Å². The van der Waals surface area contributed by atoms with Crippen molar-refractivity contribution in [1.29, 1.82) is 5.26 Å². The first-order valence-corrected chi connectivity index (χ1v) is 8.47. The van der Waals surface area contributed by atoms with Crippen LogP contribution in [0.25, 0.3) is 0 Å². The number of halogens is 1. The van der Waals surface area contributed by atoms with Gasteiger partial charge in [0, 0.05) is 25.8 Å². The van der Waals surface area contributed by atoms with Gasteiger partial charge in [0.25, 0.3) is 0 Å². The van der Waals surface area contributed by atoms with Gasteiger partial charge in [-0.3, -0.25) is 0 Å². The third-order valence-electron chi connectivity index (χ3n) is 2.85. The van der Waals surface area contributed by atoms with Crippen molar-refractivity contribution in [3.63, 3.8) is 0 Å². The fourth-order valence-corrected chi connectivity index (χ4v) is 3.56. The molecule has 0 fully saturated rings. The first-order valence-electron chi connectivity index (χ1n) is 6.65. The smallest absolute Gasteiger partial charge is 0.244 e. The molecule has 0 aliphatic heterocycles. The highest BCUT2D eigenvalue weighted by Gasteiger charge is 2.25. The molecule has 1 atom stereocenters. The first-order chi connectivity index (χ1) is 9.86. The summed E-state index contributed by atoms with van der Waals surface area (Å²) in [6, 6.07) is 3.41. The van der Waals surface area contributed by atoms with Crippen LogP contribution in [-0.4, -0.2) is 37.3 Å². The maximum absolute atomic E-state index is 12.5. The molecule has 116 valence electrons. The topological polar surface area (TPSA) is 86.1 Å². The van der Waals surface area contributed by atoms with Gasteiger partial charge in [-0.05, 0) is 19.9 Å². The number of rotatable bonds is 7. The lowest BCUT2D eigenvalue weighted by Crippen LogP contribution is -2.34. The van der Waals surface area contributed by atoms with Crippen LogP contribution >= 0.6 is 11.6 Å². The van der Waals surface area contributed by atoms with E-state index in [9.17, 15) is 8.42 Å². The Bertz CT molecular complexity index is 628. The average molecular weight is 331 g/mol. The van der Waals surface area contributed by atoms with Crippen LogP contribution in [0.5, 0.6) is 0 Å². The van der Waals surface area contributed by atoms with Crippen molar-refractivity contribution >= 4 is 27.4 Å². The number of hydrogen-bond donors (Lipinski definition) is 1. The third kappa shape index (κ3) is 4.30. The van der Waals surface area contributed by atoms with Gasteiger partial charge in [-0.25, -0.2) is 13.4 Å². The molecule has 0 saturated carbocycles. The molecular formula is C13H19ClN4O2S. The van der Waals surface area contributed by atoms with Crippen molar-refractivity contribution in [1.82, 2.24) is 9.29 Å². The second-order valence-corrected chi connectivity index (χ2v) is 6.86. The van der Waals surface area contributed by atoms with Crippen LogP contribution in [0.15, 0.2) is 17.2 Å². The van der Waals surface area contributed by atoms with Crippen LogP contribution in [0.3, 0.4) is 0 Å². The Morgan fingerprint density at radius 3 is 2.67 bits per heavy atom. The lowest BCUT2D eigenvalue weighted by atomic mass is 10.2. The van der Waals surface area contributed by atoms with Crippen molar-refractivity contribution in [2.45, 2.75) is 25.7 Å². The molecule has 0 saturated heterocycles. The summed E-state index contributed by atoms with van der Waals surface area (Å²) in [7, 11) is -3.70. The van der Waals surface area contributed by atoms with E-state index >= 15 is 0 Å². The number of nitrogens with one attached hydrogen (secondary N) is 1. The molecule has 1 N–H and O–H groups in total. The maximum Gasteiger partial charge on any atom is 0.244 e. The summed E-state index contributed by atoms with van der Waals surface area (Å²) in [6.07, 6.45) is 1.28. The minimum absolute atomic E-state index is 0.0288. The molecular weight excluding hydrogens is 312 g/mol. The van der Waals surface area contributed by atoms with Gasteiger partial charge in [0.1, 0.15) is 10.7 Å². The van der Waals surface area contributed by atoms with Crippen LogP contribution in [0.4, 0.5) is 5.82 Å². The summed E-state index contributed by atoms with van der Waals surface area (Å²) >= 11 is 6.03. The Kier molecular flexibility index (Phi) is 6.40. The average Bonchev–Trinajstić information content (AvgIpc) is 2.46. The highest BCUT2D eigenvalue weighted by molar-refractivity contribution is 7.89. The van der Waals surface area contributed by atoms with E-state index in [1.807, 2.05) is 13.0 Å². The Morgan fingerprint density at radius 2 is 2.19 bits per heavy atom. The fraction of sp³-hybridized carbons (Fsp3) is 0.538. The summed E-state index contributed by atoms with van der Waals surface area (Å²) in [5.74, 6) is 0.0655. The summed E-state index contributed by atoms with van der Waals surface area (Å²) in [4.78, 5) is 4.07. The zero-order chi connectivity index (χ0) is 16.0. The van der Waals surface area contributed by atoms with E-state index in [1.54, 1.807) is 13.8 Å². The van der Waals surface area contributed by atoms with Gasteiger partial charge in [-0.15, -0.1) is 0 Å². The molecule has 21 heavy (non-hydrogen) atoms. The molecule has 0 radical (unpaired) electrons. The van der Waals surface area contributed by atoms with Crippen LogP contribution < -0.4 is 5.32 Å². The molecule has 0 aromatic carbocycles. The molecule has 8 heteroatoms. The number of sulfonamides is 1. The van der Waals surface area contributed by atoms with Gasteiger partial charge >= 0.3 is 0 Å². The Labute approximate surface area is 130 Å². The van der Waals surface area contributed by atoms with E-state index in [1.165, 1.54) is 16.6 Å². The summed E-state index contributed by atoms with van der Waals surface area (Å²) in [5, 5.41) is 12.0. The van der Waals surface area contributed by atoms with Gasteiger partial charge in [0.05, 0.1) is 17.0 Å². The Balaban J connectivity index is 3.12. The molecule has 0 spiro atoms.